The quantitative estimate of drug-likeness (QED) is 0.405. The second-order valence-corrected chi connectivity index (χ2v) is 9.86. The van der Waals surface area contributed by atoms with Crippen molar-refractivity contribution >= 4 is 11.7 Å². The topological polar surface area (TPSA) is 58.9 Å². The highest BCUT2D eigenvalue weighted by atomic mass is 16.6. The van der Waals surface area contributed by atoms with Crippen molar-refractivity contribution in [3.8, 4) is 0 Å². The molecule has 0 aromatic carbocycles. The summed E-state index contributed by atoms with van der Waals surface area (Å²) in [4.78, 5) is 12.0. The van der Waals surface area contributed by atoms with Crippen molar-refractivity contribution in [3.63, 3.8) is 0 Å². The largest absolute Gasteiger partial charge is 0.451 e. The summed E-state index contributed by atoms with van der Waals surface area (Å²) in [7, 11) is 0. The lowest BCUT2D eigenvalue weighted by Crippen LogP contribution is -2.54. The fourth-order valence-electron chi connectivity index (χ4n) is 8.23. The number of nitrogens with zero attached hydrogens (tertiary/aromatic N) is 1. The fourth-order valence-corrected chi connectivity index (χ4v) is 8.23. The number of rotatable bonds is 0. The molecule has 4 fully saturated rings. The van der Waals surface area contributed by atoms with Gasteiger partial charge in [0.1, 0.15) is 5.60 Å². The third-order valence-electron chi connectivity index (χ3n) is 9.18. The van der Waals surface area contributed by atoms with Gasteiger partial charge >= 0.3 is 5.97 Å². The average molecular weight is 353 g/mol. The number of esters is 1. The van der Waals surface area contributed by atoms with E-state index in [1.807, 2.05) is 0 Å². The zero-order chi connectivity index (χ0) is 17.7. The molecule has 0 amide bonds. The summed E-state index contributed by atoms with van der Waals surface area (Å²) in [5, 5.41) is 12.6. The normalized spacial score (nSPS) is 55.0. The number of allylic oxidation sites excluding steroid dienone is 2. The van der Waals surface area contributed by atoms with Crippen molar-refractivity contribution in [2.45, 2.75) is 57.5 Å². The van der Waals surface area contributed by atoms with Crippen LogP contribution in [0.15, 0.2) is 29.0 Å². The molecule has 0 bridgehead atoms. The van der Waals surface area contributed by atoms with Crippen LogP contribution in [-0.2, 0) is 9.53 Å². The van der Waals surface area contributed by atoms with Gasteiger partial charge in [0.2, 0.25) is 0 Å². The highest BCUT2D eigenvalue weighted by Crippen LogP contribution is 2.77. The van der Waals surface area contributed by atoms with E-state index in [0.717, 1.165) is 42.7 Å². The Morgan fingerprint density at radius 1 is 1.19 bits per heavy atom. The zero-order valence-corrected chi connectivity index (χ0v) is 15.4. The van der Waals surface area contributed by atoms with Crippen molar-refractivity contribution in [1.82, 2.24) is 0 Å². The van der Waals surface area contributed by atoms with E-state index in [0.29, 0.717) is 17.8 Å². The van der Waals surface area contributed by atoms with Crippen molar-refractivity contribution in [1.29, 1.82) is 0 Å². The van der Waals surface area contributed by atoms with Crippen LogP contribution < -0.4 is 0 Å². The molecule has 8 atom stereocenters. The summed E-state index contributed by atoms with van der Waals surface area (Å²) in [5.41, 5.74) is 2.21. The van der Waals surface area contributed by atoms with Crippen LogP contribution >= 0.6 is 0 Å². The molecule has 6 aliphatic rings. The number of ether oxygens (including phenoxy) is 1. The molecule has 26 heavy (non-hydrogen) atoms. The molecule has 0 saturated heterocycles. The second kappa shape index (κ2) is 4.82. The number of carbonyl (C=O) groups is 1. The molecule has 0 radical (unpaired) electrons. The van der Waals surface area contributed by atoms with Crippen LogP contribution in [0.2, 0.25) is 0 Å². The Labute approximate surface area is 154 Å². The lowest BCUT2D eigenvalue weighted by molar-refractivity contribution is -0.167. The van der Waals surface area contributed by atoms with E-state index in [-0.39, 0.29) is 17.0 Å². The summed E-state index contributed by atoms with van der Waals surface area (Å²) in [6.07, 6.45) is 14.1. The van der Waals surface area contributed by atoms with Gasteiger partial charge in [0.05, 0.1) is 5.71 Å². The molecule has 1 aliphatic heterocycles. The molecule has 4 heteroatoms. The minimum Gasteiger partial charge on any atom is -0.451 e. The average Bonchev–Trinajstić information content (AvgIpc) is 3.29. The number of hydrogen-bond donors (Lipinski definition) is 1. The highest BCUT2D eigenvalue weighted by Gasteiger charge is 2.77. The van der Waals surface area contributed by atoms with E-state index < -0.39 is 0 Å². The predicted octanol–water partition coefficient (Wildman–Crippen LogP) is 4.10. The summed E-state index contributed by atoms with van der Waals surface area (Å²) in [6, 6.07) is 0. The Balaban J connectivity index is 1.36. The van der Waals surface area contributed by atoms with Crippen molar-refractivity contribution in [3.05, 3.63) is 23.8 Å². The Hall–Kier alpha value is -1.58. The molecule has 6 rings (SSSR count). The van der Waals surface area contributed by atoms with Crippen LogP contribution in [0.3, 0.4) is 0 Å². The fraction of sp³-hybridized carbons (Fsp3) is 0.727. The molecule has 1 heterocycles. The SMILES string of the molecule is C[C@]12CCC3C(CCC4=C/C(=N\O)CC[C@@H]43)C1[C@@H]1C[C@@H]1[C@@]21C=CC(=O)O1. The maximum Gasteiger partial charge on any atom is 0.331 e. The van der Waals surface area contributed by atoms with Gasteiger partial charge in [-0.2, -0.15) is 0 Å². The third kappa shape index (κ3) is 1.67. The highest BCUT2D eigenvalue weighted by molar-refractivity contribution is 5.96. The van der Waals surface area contributed by atoms with Gasteiger partial charge in [-0.15, -0.1) is 0 Å². The smallest absolute Gasteiger partial charge is 0.331 e. The molecule has 3 unspecified atom stereocenters. The number of hydrogen-bond acceptors (Lipinski definition) is 4. The molecule has 138 valence electrons. The van der Waals surface area contributed by atoms with Gasteiger partial charge < -0.3 is 9.94 Å². The second-order valence-electron chi connectivity index (χ2n) is 9.86. The standard InChI is InChI=1S/C22H27NO3/c1-21-8-6-15-14-5-3-13(23-25)10-12(14)2-4-16(15)20(21)17-11-18(17)22(21)9-7-19(24)26-22/h7,9-10,14-18,20,25H,2-6,8,11H2,1H3/b23-13-/t14-,15?,16?,17+,18-,20?,21-,22-/m0/s1. The molecule has 0 aromatic rings. The van der Waals surface area contributed by atoms with Gasteiger partial charge in [-0.25, -0.2) is 4.79 Å². The monoisotopic (exact) mass is 353 g/mol. The first kappa shape index (κ1) is 15.5. The maximum atomic E-state index is 12.0. The Kier molecular flexibility index (Phi) is 2.87. The van der Waals surface area contributed by atoms with Crippen LogP contribution in [0.4, 0.5) is 0 Å². The summed E-state index contributed by atoms with van der Waals surface area (Å²) in [6.45, 7) is 2.42. The minimum atomic E-state index is -0.302. The van der Waals surface area contributed by atoms with Crippen LogP contribution in [0.5, 0.6) is 0 Å². The summed E-state index contributed by atoms with van der Waals surface area (Å²) in [5.74, 6) is 4.12. The van der Waals surface area contributed by atoms with E-state index in [9.17, 15) is 4.79 Å². The lowest BCUT2D eigenvalue weighted by Gasteiger charge is -2.56. The van der Waals surface area contributed by atoms with E-state index >= 15 is 0 Å². The van der Waals surface area contributed by atoms with Gasteiger partial charge in [-0.05, 0) is 86.7 Å². The first-order valence-corrected chi connectivity index (χ1v) is 10.4. The number of carbonyl (C=O) groups excluding carboxylic acids is 1. The third-order valence-corrected chi connectivity index (χ3v) is 9.18. The lowest BCUT2D eigenvalue weighted by atomic mass is 9.49. The Bertz CT molecular complexity index is 782. The minimum absolute atomic E-state index is 0.123. The maximum absolute atomic E-state index is 12.0. The number of fused-ring (bicyclic) bond motifs is 9. The van der Waals surface area contributed by atoms with E-state index in [1.165, 1.54) is 31.3 Å². The van der Waals surface area contributed by atoms with E-state index in [4.69, 9.17) is 9.94 Å². The van der Waals surface area contributed by atoms with Crippen molar-refractivity contribution in [2.75, 3.05) is 0 Å². The van der Waals surface area contributed by atoms with Crippen LogP contribution in [0, 0.1) is 40.9 Å². The van der Waals surface area contributed by atoms with Gasteiger partial charge in [0, 0.05) is 17.4 Å². The summed E-state index contributed by atoms with van der Waals surface area (Å²) < 4.78 is 6.05. The van der Waals surface area contributed by atoms with Gasteiger partial charge in [0.25, 0.3) is 0 Å². The molecular formula is C22H27NO3. The van der Waals surface area contributed by atoms with Crippen molar-refractivity contribution < 1.29 is 14.7 Å². The summed E-state index contributed by atoms with van der Waals surface area (Å²) >= 11 is 0. The molecule has 1 N–H and O–H groups in total. The van der Waals surface area contributed by atoms with Gasteiger partial charge in [-0.3, -0.25) is 0 Å². The Morgan fingerprint density at radius 2 is 2.08 bits per heavy atom. The van der Waals surface area contributed by atoms with Crippen LogP contribution in [0.25, 0.3) is 0 Å². The Morgan fingerprint density at radius 3 is 2.85 bits per heavy atom. The first-order chi connectivity index (χ1) is 12.6. The van der Waals surface area contributed by atoms with E-state index in [2.05, 4.69) is 24.2 Å². The van der Waals surface area contributed by atoms with Crippen molar-refractivity contribution in [2.24, 2.45) is 46.1 Å². The molecular weight excluding hydrogens is 326 g/mol. The first-order valence-electron chi connectivity index (χ1n) is 10.4. The molecule has 0 aromatic heterocycles. The molecule has 1 spiro atoms. The van der Waals surface area contributed by atoms with Crippen LogP contribution in [0.1, 0.15) is 51.9 Å². The van der Waals surface area contributed by atoms with Crippen LogP contribution in [-0.4, -0.2) is 22.5 Å². The predicted molar refractivity (Wildman–Crippen MR) is 96.6 cm³/mol. The molecule has 4 saturated carbocycles. The molecule has 5 aliphatic carbocycles. The zero-order valence-electron chi connectivity index (χ0n) is 15.4. The van der Waals surface area contributed by atoms with E-state index in [1.54, 1.807) is 6.08 Å². The van der Waals surface area contributed by atoms with Gasteiger partial charge in [0.15, 0.2) is 0 Å². The van der Waals surface area contributed by atoms with Gasteiger partial charge in [-0.1, -0.05) is 17.7 Å². The number of oxime groups is 1. The molecule has 4 nitrogen and oxygen atoms in total.